The lowest BCUT2D eigenvalue weighted by Gasteiger charge is -2.06. The third kappa shape index (κ3) is 1.17. The van der Waals surface area contributed by atoms with Crippen molar-refractivity contribution in [2.24, 2.45) is 12.8 Å². The number of nitrogens with two attached hydrogens (primary N) is 1. The van der Waals surface area contributed by atoms with Gasteiger partial charge in [-0.05, 0) is 0 Å². The lowest BCUT2D eigenvalue weighted by molar-refractivity contribution is 0.261. The number of aliphatic hydroxyl groups is 1. The SMILES string of the molecule is Cn1ccnc1C(N)CO. The quantitative estimate of drug-likeness (QED) is 0.578. The molecule has 0 fully saturated rings. The van der Waals surface area contributed by atoms with Gasteiger partial charge in [-0.25, -0.2) is 4.98 Å². The minimum Gasteiger partial charge on any atom is -0.394 e. The molecule has 1 heterocycles. The van der Waals surface area contributed by atoms with Crippen molar-refractivity contribution in [2.45, 2.75) is 6.04 Å². The lowest BCUT2D eigenvalue weighted by atomic mass is 10.3. The zero-order valence-electron chi connectivity index (χ0n) is 5.86. The van der Waals surface area contributed by atoms with Crippen LogP contribution in [0.15, 0.2) is 12.4 Å². The van der Waals surface area contributed by atoms with Crippen molar-refractivity contribution in [3.8, 4) is 0 Å². The summed E-state index contributed by atoms with van der Waals surface area (Å²) < 4.78 is 1.79. The summed E-state index contributed by atoms with van der Waals surface area (Å²) in [6.45, 7) is -0.0646. The van der Waals surface area contributed by atoms with Crippen LogP contribution in [0.3, 0.4) is 0 Å². The molecule has 4 nitrogen and oxygen atoms in total. The number of rotatable bonds is 2. The molecule has 1 aromatic heterocycles. The van der Waals surface area contributed by atoms with Crippen molar-refractivity contribution in [1.82, 2.24) is 9.55 Å². The van der Waals surface area contributed by atoms with Crippen molar-refractivity contribution in [1.29, 1.82) is 0 Å². The molecule has 1 unspecified atom stereocenters. The molecule has 0 spiro atoms. The highest BCUT2D eigenvalue weighted by Crippen LogP contribution is 2.03. The number of aliphatic hydroxyl groups excluding tert-OH is 1. The summed E-state index contributed by atoms with van der Waals surface area (Å²) in [5.41, 5.74) is 5.51. The monoisotopic (exact) mass is 141 g/mol. The fourth-order valence-corrected chi connectivity index (χ4v) is 0.816. The maximum atomic E-state index is 8.65. The Bertz CT molecular complexity index is 209. The molecule has 0 aliphatic carbocycles. The maximum absolute atomic E-state index is 8.65. The highest BCUT2D eigenvalue weighted by molar-refractivity contribution is 4.96. The van der Waals surface area contributed by atoms with Gasteiger partial charge in [0.2, 0.25) is 0 Å². The van der Waals surface area contributed by atoms with Crippen molar-refractivity contribution < 1.29 is 5.11 Å². The molecule has 0 saturated carbocycles. The van der Waals surface area contributed by atoms with Crippen molar-refractivity contribution in [2.75, 3.05) is 6.61 Å². The van der Waals surface area contributed by atoms with Crippen LogP contribution >= 0.6 is 0 Å². The zero-order chi connectivity index (χ0) is 7.56. The van der Waals surface area contributed by atoms with E-state index in [0.717, 1.165) is 0 Å². The Morgan fingerprint density at radius 1 is 1.90 bits per heavy atom. The van der Waals surface area contributed by atoms with Gasteiger partial charge in [0.25, 0.3) is 0 Å². The summed E-state index contributed by atoms with van der Waals surface area (Å²) >= 11 is 0. The predicted octanol–water partition coefficient (Wildman–Crippen LogP) is -0.588. The van der Waals surface area contributed by atoms with Gasteiger partial charge in [-0.15, -0.1) is 0 Å². The van der Waals surface area contributed by atoms with E-state index in [1.54, 1.807) is 17.0 Å². The Balaban J connectivity index is 2.82. The molecule has 1 aromatic rings. The fraction of sp³-hybridized carbons (Fsp3) is 0.500. The highest BCUT2D eigenvalue weighted by atomic mass is 16.3. The van der Waals surface area contributed by atoms with Gasteiger partial charge in [0, 0.05) is 19.4 Å². The second-order valence-electron chi connectivity index (χ2n) is 2.19. The van der Waals surface area contributed by atoms with E-state index in [9.17, 15) is 0 Å². The van der Waals surface area contributed by atoms with Crippen molar-refractivity contribution in [3.05, 3.63) is 18.2 Å². The molecule has 0 aliphatic rings. The van der Waals surface area contributed by atoms with Crippen LogP contribution in [0.4, 0.5) is 0 Å². The molecular weight excluding hydrogens is 130 g/mol. The predicted molar refractivity (Wildman–Crippen MR) is 37.2 cm³/mol. The standard InChI is InChI=1S/C6H11N3O/c1-9-3-2-8-6(9)5(7)4-10/h2-3,5,10H,4,7H2,1H3. The van der Waals surface area contributed by atoms with E-state index < -0.39 is 0 Å². The number of aryl methyl sites for hydroxylation is 1. The van der Waals surface area contributed by atoms with E-state index in [4.69, 9.17) is 10.8 Å². The van der Waals surface area contributed by atoms with E-state index in [0.29, 0.717) is 5.82 Å². The molecule has 56 valence electrons. The third-order valence-corrected chi connectivity index (χ3v) is 1.39. The van der Waals surface area contributed by atoms with Crippen LogP contribution in [0, 0.1) is 0 Å². The summed E-state index contributed by atoms with van der Waals surface area (Å²) in [6.07, 6.45) is 3.45. The van der Waals surface area contributed by atoms with Crippen LogP contribution in [0.5, 0.6) is 0 Å². The second-order valence-corrected chi connectivity index (χ2v) is 2.19. The largest absolute Gasteiger partial charge is 0.394 e. The molecule has 0 saturated heterocycles. The van der Waals surface area contributed by atoms with Gasteiger partial charge in [-0.1, -0.05) is 0 Å². The van der Waals surface area contributed by atoms with Crippen LogP contribution in [0.25, 0.3) is 0 Å². The van der Waals surface area contributed by atoms with E-state index in [1.807, 2.05) is 7.05 Å². The minimum absolute atomic E-state index is 0.0646. The van der Waals surface area contributed by atoms with Crippen molar-refractivity contribution in [3.63, 3.8) is 0 Å². The van der Waals surface area contributed by atoms with E-state index >= 15 is 0 Å². The minimum atomic E-state index is -0.361. The first kappa shape index (κ1) is 7.24. The zero-order valence-corrected chi connectivity index (χ0v) is 5.86. The van der Waals surface area contributed by atoms with E-state index in [1.165, 1.54) is 0 Å². The average molecular weight is 141 g/mol. The number of nitrogens with zero attached hydrogens (tertiary/aromatic N) is 2. The third-order valence-electron chi connectivity index (χ3n) is 1.39. The smallest absolute Gasteiger partial charge is 0.127 e. The first-order chi connectivity index (χ1) is 4.75. The first-order valence-corrected chi connectivity index (χ1v) is 3.09. The summed E-state index contributed by atoms with van der Waals surface area (Å²) in [7, 11) is 1.85. The van der Waals surface area contributed by atoms with Crippen LogP contribution in [0.1, 0.15) is 11.9 Å². The molecule has 0 aromatic carbocycles. The molecule has 10 heavy (non-hydrogen) atoms. The van der Waals surface area contributed by atoms with Gasteiger partial charge in [0.1, 0.15) is 5.82 Å². The molecular formula is C6H11N3O. The molecule has 0 amide bonds. The Morgan fingerprint density at radius 2 is 2.60 bits per heavy atom. The molecule has 1 rings (SSSR count). The van der Waals surface area contributed by atoms with Crippen LogP contribution in [-0.2, 0) is 7.05 Å². The number of hydrogen-bond donors (Lipinski definition) is 2. The first-order valence-electron chi connectivity index (χ1n) is 3.09. The summed E-state index contributed by atoms with van der Waals surface area (Å²) in [4.78, 5) is 3.96. The highest BCUT2D eigenvalue weighted by Gasteiger charge is 2.07. The van der Waals surface area contributed by atoms with Crippen LogP contribution in [-0.4, -0.2) is 21.3 Å². The number of imidazole rings is 1. The Morgan fingerprint density at radius 3 is 3.00 bits per heavy atom. The average Bonchev–Trinajstić information content (AvgIpc) is 2.34. The van der Waals surface area contributed by atoms with E-state index in [2.05, 4.69) is 4.98 Å². The normalized spacial score (nSPS) is 13.5. The van der Waals surface area contributed by atoms with Gasteiger partial charge in [-0.2, -0.15) is 0 Å². The Hall–Kier alpha value is -0.870. The number of hydrogen-bond acceptors (Lipinski definition) is 3. The van der Waals surface area contributed by atoms with Gasteiger partial charge < -0.3 is 15.4 Å². The van der Waals surface area contributed by atoms with E-state index in [-0.39, 0.29) is 12.6 Å². The summed E-state index contributed by atoms with van der Waals surface area (Å²) in [5.74, 6) is 0.711. The Labute approximate surface area is 59.3 Å². The molecule has 0 radical (unpaired) electrons. The van der Waals surface area contributed by atoms with Crippen LogP contribution < -0.4 is 5.73 Å². The second kappa shape index (κ2) is 2.81. The number of aromatic nitrogens is 2. The van der Waals surface area contributed by atoms with Gasteiger partial charge in [0.15, 0.2) is 0 Å². The topological polar surface area (TPSA) is 64.1 Å². The fourth-order valence-electron chi connectivity index (χ4n) is 0.816. The van der Waals surface area contributed by atoms with Gasteiger partial charge >= 0.3 is 0 Å². The summed E-state index contributed by atoms with van der Waals surface area (Å²) in [5, 5.41) is 8.65. The van der Waals surface area contributed by atoms with Crippen LogP contribution in [0.2, 0.25) is 0 Å². The lowest BCUT2D eigenvalue weighted by Crippen LogP contribution is -2.18. The summed E-state index contributed by atoms with van der Waals surface area (Å²) in [6, 6.07) is -0.361. The maximum Gasteiger partial charge on any atom is 0.127 e. The Kier molecular flexibility index (Phi) is 2.03. The molecule has 1 atom stereocenters. The van der Waals surface area contributed by atoms with Gasteiger partial charge in [-0.3, -0.25) is 0 Å². The molecule has 3 N–H and O–H groups in total. The molecule has 4 heteroatoms. The van der Waals surface area contributed by atoms with Gasteiger partial charge in [0.05, 0.1) is 12.6 Å². The molecule has 0 bridgehead atoms. The molecule has 0 aliphatic heterocycles. The van der Waals surface area contributed by atoms with Crippen molar-refractivity contribution >= 4 is 0 Å².